The molecule has 154 valence electrons. The molecule has 1 aliphatic rings. The van der Waals surface area contributed by atoms with Gasteiger partial charge in [0.1, 0.15) is 11.6 Å². The van der Waals surface area contributed by atoms with Crippen LogP contribution in [0, 0.1) is 5.82 Å². The smallest absolute Gasteiger partial charge is 0.409 e. The van der Waals surface area contributed by atoms with Crippen molar-refractivity contribution >= 4 is 11.9 Å². The van der Waals surface area contributed by atoms with Crippen LogP contribution < -0.4 is 4.90 Å². The SMILES string of the molecule is CCOC(=O)N1CCN(c2cc(-c3ccccc3F)nc(-c3ccccc3)n2)CC1. The summed E-state index contributed by atoms with van der Waals surface area (Å²) in [6.45, 7) is 4.46. The lowest BCUT2D eigenvalue weighted by molar-refractivity contribution is 0.105. The first kappa shape index (κ1) is 19.8. The topological polar surface area (TPSA) is 58.6 Å². The molecule has 1 aliphatic heterocycles. The van der Waals surface area contributed by atoms with Crippen LogP contribution in [0.4, 0.5) is 15.0 Å². The fourth-order valence-electron chi connectivity index (χ4n) is 3.45. The maximum Gasteiger partial charge on any atom is 0.409 e. The number of halogens is 1. The maximum atomic E-state index is 14.5. The van der Waals surface area contributed by atoms with Crippen LogP contribution in [0.1, 0.15) is 6.92 Å². The van der Waals surface area contributed by atoms with Gasteiger partial charge in [-0.3, -0.25) is 0 Å². The second-order valence-corrected chi connectivity index (χ2v) is 6.95. The van der Waals surface area contributed by atoms with E-state index in [2.05, 4.69) is 9.88 Å². The zero-order chi connectivity index (χ0) is 20.9. The Bertz CT molecular complexity index is 1020. The summed E-state index contributed by atoms with van der Waals surface area (Å²) in [5.41, 5.74) is 1.83. The summed E-state index contributed by atoms with van der Waals surface area (Å²) in [6, 6.07) is 18.1. The van der Waals surface area contributed by atoms with Crippen LogP contribution >= 0.6 is 0 Å². The zero-order valence-corrected chi connectivity index (χ0v) is 16.8. The number of hydrogen-bond donors (Lipinski definition) is 0. The fraction of sp³-hybridized carbons (Fsp3) is 0.261. The minimum absolute atomic E-state index is 0.295. The van der Waals surface area contributed by atoms with Crippen LogP contribution in [0.25, 0.3) is 22.6 Å². The molecule has 0 radical (unpaired) electrons. The number of ether oxygens (including phenoxy) is 1. The molecule has 0 N–H and O–H groups in total. The summed E-state index contributed by atoms with van der Waals surface area (Å²) in [5.74, 6) is 0.929. The highest BCUT2D eigenvalue weighted by Crippen LogP contribution is 2.28. The maximum absolute atomic E-state index is 14.5. The van der Waals surface area contributed by atoms with Gasteiger partial charge in [0.2, 0.25) is 0 Å². The summed E-state index contributed by atoms with van der Waals surface area (Å²) in [4.78, 5) is 25.1. The molecule has 2 aromatic carbocycles. The van der Waals surface area contributed by atoms with Crippen molar-refractivity contribution in [1.29, 1.82) is 0 Å². The van der Waals surface area contributed by atoms with E-state index in [-0.39, 0.29) is 11.9 Å². The number of aromatic nitrogens is 2. The van der Waals surface area contributed by atoms with E-state index in [1.54, 1.807) is 30.0 Å². The Morgan fingerprint density at radius 3 is 2.40 bits per heavy atom. The summed E-state index contributed by atoms with van der Waals surface area (Å²) in [7, 11) is 0. The Labute approximate surface area is 174 Å². The van der Waals surface area contributed by atoms with E-state index in [4.69, 9.17) is 9.72 Å². The molecule has 0 spiro atoms. The van der Waals surface area contributed by atoms with Crippen molar-refractivity contribution in [1.82, 2.24) is 14.9 Å². The average molecular weight is 406 g/mol. The van der Waals surface area contributed by atoms with Crippen molar-refractivity contribution < 1.29 is 13.9 Å². The van der Waals surface area contributed by atoms with Crippen molar-refractivity contribution in [2.45, 2.75) is 6.92 Å². The van der Waals surface area contributed by atoms with Crippen LogP contribution in [0.5, 0.6) is 0 Å². The van der Waals surface area contributed by atoms with Gasteiger partial charge in [-0.2, -0.15) is 0 Å². The summed E-state index contributed by atoms with van der Waals surface area (Å²) in [5, 5.41) is 0. The van der Waals surface area contributed by atoms with Gasteiger partial charge in [-0.15, -0.1) is 0 Å². The van der Waals surface area contributed by atoms with Crippen molar-refractivity contribution in [2.24, 2.45) is 0 Å². The monoisotopic (exact) mass is 406 g/mol. The van der Waals surface area contributed by atoms with Gasteiger partial charge < -0.3 is 14.5 Å². The predicted molar refractivity (Wildman–Crippen MR) is 114 cm³/mol. The summed E-state index contributed by atoms with van der Waals surface area (Å²) < 4.78 is 19.6. The van der Waals surface area contributed by atoms with E-state index in [0.717, 1.165) is 5.56 Å². The van der Waals surface area contributed by atoms with E-state index in [1.165, 1.54) is 6.07 Å². The molecule has 0 aliphatic carbocycles. The van der Waals surface area contributed by atoms with Crippen LogP contribution in [0.15, 0.2) is 60.7 Å². The molecule has 0 bridgehead atoms. The van der Waals surface area contributed by atoms with Crippen molar-refractivity contribution in [3.63, 3.8) is 0 Å². The number of amides is 1. The second kappa shape index (κ2) is 8.90. The largest absolute Gasteiger partial charge is 0.450 e. The molecular formula is C23H23FN4O2. The number of hydrogen-bond acceptors (Lipinski definition) is 5. The first-order valence-electron chi connectivity index (χ1n) is 10.0. The molecular weight excluding hydrogens is 383 g/mol. The number of benzene rings is 2. The van der Waals surface area contributed by atoms with Crippen molar-refractivity contribution in [2.75, 3.05) is 37.7 Å². The lowest BCUT2D eigenvalue weighted by atomic mass is 10.1. The number of anilines is 1. The first-order valence-corrected chi connectivity index (χ1v) is 10.0. The molecule has 6 nitrogen and oxygen atoms in total. The van der Waals surface area contributed by atoms with E-state index < -0.39 is 0 Å². The van der Waals surface area contributed by atoms with Gasteiger partial charge in [0.15, 0.2) is 5.82 Å². The van der Waals surface area contributed by atoms with E-state index in [1.807, 2.05) is 36.4 Å². The van der Waals surface area contributed by atoms with Gasteiger partial charge >= 0.3 is 6.09 Å². The molecule has 1 aromatic heterocycles. The van der Waals surface area contributed by atoms with Gasteiger partial charge in [-0.05, 0) is 19.1 Å². The van der Waals surface area contributed by atoms with Gasteiger partial charge in [0, 0.05) is 43.4 Å². The van der Waals surface area contributed by atoms with Gasteiger partial charge in [-0.25, -0.2) is 19.2 Å². The zero-order valence-electron chi connectivity index (χ0n) is 16.8. The molecule has 1 saturated heterocycles. The third-order valence-corrected chi connectivity index (χ3v) is 5.02. The molecule has 3 aromatic rings. The van der Waals surface area contributed by atoms with Crippen molar-refractivity contribution in [3.05, 3.63) is 66.5 Å². The van der Waals surface area contributed by atoms with Crippen LogP contribution in [0.3, 0.4) is 0 Å². The average Bonchev–Trinajstić information content (AvgIpc) is 2.80. The van der Waals surface area contributed by atoms with Gasteiger partial charge in [0.05, 0.1) is 12.3 Å². The van der Waals surface area contributed by atoms with Crippen LogP contribution in [-0.4, -0.2) is 53.7 Å². The normalized spacial score (nSPS) is 13.9. The van der Waals surface area contributed by atoms with Gasteiger partial charge in [0.25, 0.3) is 0 Å². The van der Waals surface area contributed by atoms with E-state index >= 15 is 0 Å². The molecule has 0 unspecified atom stereocenters. The molecule has 1 amide bonds. The molecule has 0 saturated carbocycles. The number of rotatable bonds is 4. The molecule has 30 heavy (non-hydrogen) atoms. The molecule has 7 heteroatoms. The molecule has 1 fully saturated rings. The van der Waals surface area contributed by atoms with E-state index in [9.17, 15) is 9.18 Å². The number of carbonyl (C=O) groups excluding carboxylic acids is 1. The molecule has 4 rings (SSSR count). The number of carbonyl (C=O) groups is 1. The lowest BCUT2D eigenvalue weighted by Gasteiger charge is -2.35. The minimum atomic E-state index is -0.326. The first-order chi connectivity index (χ1) is 14.7. The predicted octanol–water partition coefficient (Wildman–Crippen LogP) is 4.23. The van der Waals surface area contributed by atoms with Crippen LogP contribution in [-0.2, 0) is 4.74 Å². The Kier molecular flexibility index (Phi) is 5.88. The Balaban J connectivity index is 1.67. The van der Waals surface area contributed by atoms with Crippen LogP contribution in [0.2, 0.25) is 0 Å². The lowest BCUT2D eigenvalue weighted by Crippen LogP contribution is -2.49. The van der Waals surface area contributed by atoms with E-state index in [0.29, 0.717) is 55.7 Å². The Morgan fingerprint density at radius 2 is 1.70 bits per heavy atom. The minimum Gasteiger partial charge on any atom is -0.450 e. The van der Waals surface area contributed by atoms with Crippen molar-refractivity contribution in [3.8, 4) is 22.6 Å². The highest BCUT2D eigenvalue weighted by atomic mass is 19.1. The van der Waals surface area contributed by atoms with Gasteiger partial charge in [-0.1, -0.05) is 42.5 Å². The highest BCUT2D eigenvalue weighted by Gasteiger charge is 2.24. The Hall–Kier alpha value is -3.48. The third kappa shape index (κ3) is 4.25. The molecule has 0 atom stereocenters. The third-order valence-electron chi connectivity index (χ3n) is 5.02. The number of piperazine rings is 1. The fourth-order valence-corrected chi connectivity index (χ4v) is 3.45. The Morgan fingerprint density at radius 1 is 1.00 bits per heavy atom. The molecule has 2 heterocycles. The quantitative estimate of drug-likeness (QED) is 0.649. The standard InChI is InChI=1S/C23H23FN4O2/c1-2-30-23(29)28-14-12-27(13-15-28)21-16-20(18-10-6-7-11-19(18)24)25-22(26-21)17-8-4-3-5-9-17/h3-11,16H,2,12-15H2,1H3. The summed E-state index contributed by atoms with van der Waals surface area (Å²) >= 11 is 0. The highest BCUT2D eigenvalue weighted by molar-refractivity contribution is 5.70. The number of nitrogens with zero attached hydrogens (tertiary/aromatic N) is 4. The summed E-state index contributed by atoms with van der Waals surface area (Å²) in [6.07, 6.45) is -0.295. The second-order valence-electron chi connectivity index (χ2n) is 6.95.